The average Bonchev–Trinajstić information content (AvgIpc) is 3.11. The lowest BCUT2D eigenvalue weighted by molar-refractivity contribution is -0.161. The number of ether oxygens (including phenoxy) is 2. The molecule has 0 spiro atoms. The number of rotatable bonds is 6. The highest BCUT2D eigenvalue weighted by Gasteiger charge is 2.56. The summed E-state index contributed by atoms with van der Waals surface area (Å²) in [5.74, 6) is 0.460. The molecule has 2 aromatic carbocycles. The Morgan fingerprint density at radius 3 is 2.46 bits per heavy atom. The molecule has 7 heteroatoms. The summed E-state index contributed by atoms with van der Waals surface area (Å²) in [6.45, 7) is 0.457. The van der Waals surface area contributed by atoms with Gasteiger partial charge in [0.2, 0.25) is 5.91 Å². The number of methoxy groups -OCH3 is 1. The monoisotopic (exact) mass is 380 g/mol. The van der Waals surface area contributed by atoms with Crippen LogP contribution < -0.4 is 4.74 Å². The molecule has 2 aliphatic rings. The van der Waals surface area contributed by atoms with Gasteiger partial charge in [-0.1, -0.05) is 42.5 Å². The van der Waals surface area contributed by atoms with E-state index in [4.69, 9.17) is 9.47 Å². The summed E-state index contributed by atoms with van der Waals surface area (Å²) in [5, 5.41) is 0. The third-order valence-electron chi connectivity index (χ3n) is 5.27. The summed E-state index contributed by atoms with van der Waals surface area (Å²) in [4.78, 5) is 39.8. The summed E-state index contributed by atoms with van der Waals surface area (Å²) < 4.78 is 10.3. The van der Waals surface area contributed by atoms with Gasteiger partial charge in [-0.15, -0.1) is 0 Å². The van der Waals surface area contributed by atoms with Gasteiger partial charge in [0.15, 0.2) is 0 Å². The Morgan fingerprint density at radius 1 is 1.11 bits per heavy atom. The van der Waals surface area contributed by atoms with Gasteiger partial charge in [-0.25, -0.2) is 4.79 Å². The van der Waals surface area contributed by atoms with Crippen LogP contribution in [0.25, 0.3) is 0 Å². The van der Waals surface area contributed by atoms with Crippen LogP contribution >= 0.6 is 0 Å². The molecule has 0 N–H and O–H groups in total. The van der Waals surface area contributed by atoms with Crippen molar-refractivity contribution in [1.82, 2.24) is 9.80 Å². The fraction of sp³-hybridized carbons (Fsp3) is 0.286. The number of cyclic esters (lactones) is 1. The van der Waals surface area contributed by atoms with Crippen LogP contribution in [-0.2, 0) is 20.9 Å². The molecule has 0 unspecified atom stereocenters. The quantitative estimate of drug-likeness (QED) is 0.567. The second kappa shape index (κ2) is 7.34. The van der Waals surface area contributed by atoms with Gasteiger partial charge in [-0.3, -0.25) is 9.69 Å². The molecule has 4 rings (SSSR count). The Morgan fingerprint density at radius 2 is 1.82 bits per heavy atom. The molecule has 2 amide bonds. The van der Waals surface area contributed by atoms with E-state index in [-0.39, 0.29) is 18.6 Å². The van der Waals surface area contributed by atoms with Crippen molar-refractivity contribution in [3.05, 3.63) is 65.7 Å². The third-order valence-corrected chi connectivity index (χ3v) is 5.27. The van der Waals surface area contributed by atoms with Crippen molar-refractivity contribution < 1.29 is 23.9 Å². The number of carbonyl (C=O) groups is 3. The van der Waals surface area contributed by atoms with E-state index in [1.54, 1.807) is 19.2 Å². The van der Waals surface area contributed by atoms with Crippen molar-refractivity contribution in [2.75, 3.05) is 13.7 Å². The molecule has 28 heavy (non-hydrogen) atoms. The van der Waals surface area contributed by atoms with Crippen molar-refractivity contribution in [3.8, 4) is 5.75 Å². The highest BCUT2D eigenvalue weighted by atomic mass is 16.6. The summed E-state index contributed by atoms with van der Waals surface area (Å²) in [7, 11) is 1.58. The Kier molecular flexibility index (Phi) is 4.73. The Bertz CT molecular complexity index is 883. The minimum Gasteiger partial charge on any atom is -0.497 e. The molecule has 2 aromatic rings. The molecule has 2 heterocycles. The number of carbonyl (C=O) groups excluding carboxylic acids is 3. The predicted molar refractivity (Wildman–Crippen MR) is 99.6 cm³/mol. The van der Waals surface area contributed by atoms with Gasteiger partial charge in [-0.2, -0.15) is 0 Å². The average molecular weight is 380 g/mol. The van der Waals surface area contributed by atoms with Crippen LogP contribution in [0.15, 0.2) is 54.6 Å². The predicted octanol–water partition coefficient (Wildman–Crippen LogP) is 2.17. The first kappa shape index (κ1) is 18.0. The zero-order valence-electron chi connectivity index (χ0n) is 15.4. The summed E-state index contributed by atoms with van der Waals surface area (Å²) in [5.41, 5.74) is 1.75. The van der Waals surface area contributed by atoms with E-state index < -0.39 is 18.2 Å². The van der Waals surface area contributed by atoms with Crippen LogP contribution in [0.2, 0.25) is 0 Å². The second-order valence-corrected chi connectivity index (χ2v) is 6.80. The highest BCUT2D eigenvalue weighted by molar-refractivity contribution is 5.98. The Hall–Kier alpha value is -3.35. The number of hydrogen-bond donors (Lipinski definition) is 0. The maximum atomic E-state index is 12.9. The van der Waals surface area contributed by atoms with Crippen molar-refractivity contribution >= 4 is 18.3 Å². The second-order valence-electron chi connectivity index (χ2n) is 6.80. The van der Waals surface area contributed by atoms with E-state index in [1.807, 2.05) is 42.5 Å². The number of hydrogen-bond acceptors (Lipinski definition) is 5. The SMILES string of the molecule is COc1ccc(CN2C(=O)[C@@H](N3C(=O)OC[C@@H]3c3ccccc3)[C@H]2C=O)cc1. The van der Waals surface area contributed by atoms with Gasteiger partial charge in [0.1, 0.15) is 30.7 Å². The lowest BCUT2D eigenvalue weighted by atomic mass is 9.91. The molecule has 0 radical (unpaired) electrons. The van der Waals surface area contributed by atoms with Gasteiger partial charge >= 0.3 is 6.09 Å². The van der Waals surface area contributed by atoms with E-state index >= 15 is 0 Å². The first-order chi connectivity index (χ1) is 13.6. The van der Waals surface area contributed by atoms with Crippen LogP contribution in [0, 0.1) is 0 Å². The molecule has 0 aliphatic carbocycles. The summed E-state index contributed by atoms with van der Waals surface area (Å²) in [6, 6.07) is 14.8. The molecular formula is C21H20N2O5. The number of nitrogens with zero attached hydrogens (tertiary/aromatic N) is 2. The Balaban J connectivity index is 1.54. The van der Waals surface area contributed by atoms with Crippen molar-refractivity contribution in [2.24, 2.45) is 0 Å². The lowest BCUT2D eigenvalue weighted by Gasteiger charge is -2.48. The van der Waals surface area contributed by atoms with Crippen molar-refractivity contribution in [2.45, 2.75) is 24.7 Å². The highest BCUT2D eigenvalue weighted by Crippen LogP contribution is 2.36. The molecule has 2 saturated heterocycles. The number of likely N-dealkylation sites (tertiary alicyclic amines) is 1. The van der Waals surface area contributed by atoms with Crippen molar-refractivity contribution in [1.29, 1.82) is 0 Å². The maximum Gasteiger partial charge on any atom is 0.411 e. The third kappa shape index (κ3) is 2.98. The molecule has 0 bridgehead atoms. The molecule has 7 nitrogen and oxygen atoms in total. The molecule has 144 valence electrons. The fourth-order valence-electron chi connectivity index (χ4n) is 3.77. The molecule has 0 saturated carbocycles. The van der Waals surface area contributed by atoms with Crippen LogP contribution in [0.4, 0.5) is 4.79 Å². The van der Waals surface area contributed by atoms with Crippen LogP contribution in [0.5, 0.6) is 5.75 Å². The van der Waals surface area contributed by atoms with Gasteiger partial charge in [0, 0.05) is 6.54 Å². The largest absolute Gasteiger partial charge is 0.497 e. The normalized spacial score (nSPS) is 24.0. The number of aldehydes is 1. The maximum absolute atomic E-state index is 12.9. The Labute approximate surface area is 162 Å². The smallest absolute Gasteiger partial charge is 0.411 e. The zero-order valence-corrected chi connectivity index (χ0v) is 15.4. The van der Waals surface area contributed by atoms with Gasteiger partial charge in [-0.05, 0) is 23.3 Å². The minimum absolute atomic E-state index is 0.163. The zero-order chi connectivity index (χ0) is 19.7. The summed E-state index contributed by atoms with van der Waals surface area (Å²) in [6.07, 6.45) is 0.159. The van der Waals surface area contributed by atoms with E-state index in [0.29, 0.717) is 12.3 Å². The van der Waals surface area contributed by atoms with Crippen LogP contribution in [0.3, 0.4) is 0 Å². The molecule has 2 fully saturated rings. The van der Waals surface area contributed by atoms with Crippen LogP contribution in [0.1, 0.15) is 17.2 Å². The van der Waals surface area contributed by atoms with E-state index in [1.165, 1.54) is 9.80 Å². The van der Waals surface area contributed by atoms with E-state index in [9.17, 15) is 14.4 Å². The summed E-state index contributed by atoms with van der Waals surface area (Å²) >= 11 is 0. The van der Waals surface area contributed by atoms with E-state index in [2.05, 4.69) is 0 Å². The number of β-lactam (4-membered cyclic amide) rings is 1. The van der Waals surface area contributed by atoms with Crippen molar-refractivity contribution in [3.63, 3.8) is 0 Å². The molecule has 0 aromatic heterocycles. The first-order valence-corrected chi connectivity index (χ1v) is 9.03. The first-order valence-electron chi connectivity index (χ1n) is 9.03. The molecule has 3 atom stereocenters. The number of amides is 2. The van der Waals surface area contributed by atoms with Gasteiger partial charge < -0.3 is 19.2 Å². The van der Waals surface area contributed by atoms with Crippen LogP contribution in [-0.4, -0.2) is 53.9 Å². The van der Waals surface area contributed by atoms with Gasteiger partial charge in [0.05, 0.1) is 13.2 Å². The van der Waals surface area contributed by atoms with Gasteiger partial charge in [0.25, 0.3) is 0 Å². The molecular weight excluding hydrogens is 360 g/mol. The number of benzene rings is 2. The topological polar surface area (TPSA) is 76.2 Å². The van der Waals surface area contributed by atoms with E-state index in [0.717, 1.165) is 17.4 Å². The minimum atomic E-state index is -0.837. The standard InChI is InChI=1S/C21H20N2O5/c1-27-16-9-7-14(8-10-16)11-22-17(12-24)19(20(22)25)23-18(13-28-21(23)26)15-5-3-2-4-6-15/h2-10,12,17-19H,11,13H2,1H3/t17-,18-,19+/m1/s1. The molecule has 2 aliphatic heterocycles. The fourth-order valence-corrected chi connectivity index (χ4v) is 3.77. The lowest BCUT2D eigenvalue weighted by Crippen LogP contribution is -2.71.